The average Bonchev–Trinajstić information content (AvgIpc) is 2.77. The first-order valence-corrected chi connectivity index (χ1v) is 6.01. The Kier molecular flexibility index (Phi) is 5.94. The van der Waals surface area contributed by atoms with Crippen LogP contribution in [0.25, 0.3) is 0 Å². The molecule has 0 saturated carbocycles. The second-order valence-electron chi connectivity index (χ2n) is 3.86. The van der Waals surface area contributed by atoms with Gasteiger partial charge in [-0.1, -0.05) is 5.21 Å². The summed E-state index contributed by atoms with van der Waals surface area (Å²) in [5.74, 6) is -1.23. The van der Waals surface area contributed by atoms with Gasteiger partial charge in [-0.25, -0.2) is 9.48 Å². The van der Waals surface area contributed by atoms with Gasteiger partial charge in [0.25, 0.3) is 0 Å². The van der Waals surface area contributed by atoms with Crippen LogP contribution in [-0.4, -0.2) is 52.2 Å². The van der Waals surface area contributed by atoms with Gasteiger partial charge >= 0.3 is 5.97 Å². The number of nitrogens with one attached hydrogen (secondary N) is 1. The van der Waals surface area contributed by atoms with E-state index >= 15 is 0 Å². The third kappa shape index (κ3) is 4.32. The number of carbonyl (C=O) groups excluding carboxylic acids is 1. The number of carboxylic acid groups (broad SMARTS) is 1. The van der Waals surface area contributed by atoms with Crippen molar-refractivity contribution < 1.29 is 19.4 Å². The van der Waals surface area contributed by atoms with Crippen molar-refractivity contribution in [2.45, 2.75) is 26.3 Å². The Morgan fingerprint density at radius 2 is 2.21 bits per heavy atom. The molecule has 0 aliphatic heterocycles. The highest BCUT2D eigenvalue weighted by Gasteiger charge is 2.18. The maximum atomic E-state index is 11.4. The Balaban J connectivity index is 2.76. The Morgan fingerprint density at radius 3 is 2.79 bits per heavy atom. The van der Waals surface area contributed by atoms with Gasteiger partial charge in [-0.2, -0.15) is 0 Å². The zero-order valence-corrected chi connectivity index (χ0v) is 11.0. The molecule has 1 amide bonds. The van der Waals surface area contributed by atoms with Crippen molar-refractivity contribution >= 4 is 11.9 Å². The van der Waals surface area contributed by atoms with Crippen molar-refractivity contribution in [3.05, 3.63) is 11.4 Å². The normalized spacial score (nSPS) is 10.4. The summed E-state index contributed by atoms with van der Waals surface area (Å²) in [6, 6.07) is 0. The number of nitrogens with zero attached hydrogens (tertiary/aromatic N) is 3. The molecule has 0 aromatic carbocycles. The maximum Gasteiger partial charge on any atom is 0.358 e. The van der Waals surface area contributed by atoms with Gasteiger partial charge in [0.15, 0.2) is 5.69 Å². The standard InChI is InChI=1S/C11H18N4O4/c1-3-12-9(16)4-6-15-8(5-7-19-2)10(11(17)18)13-14-15/h3-7H2,1-2H3,(H,12,16)(H,17,18). The molecule has 19 heavy (non-hydrogen) atoms. The molecular weight excluding hydrogens is 252 g/mol. The van der Waals surface area contributed by atoms with Crippen molar-refractivity contribution in [3.63, 3.8) is 0 Å². The summed E-state index contributed by atoms with van der Waals surface area (Å²) in [5.41, 5.74) is 0.381. The van der Waals surface area contributed by atoms with Crippen LogP contribution in [0.2, 0.25) is 0 Å². The number of rotatable bonds is 8. The summed E-state index contributed by atoms with van der Waals surface area (Å²) in [6.45, 7) is 3.06. The number of aromatic carboxylic acids is 1. The van der Waals surface area contributed by atoms with Crippen LogP contribution >= 0.6 is 0 Å². The SMILES string of the molecule is CCNC(=O)CCn1nnc(C(=O)O)c1CCOC. The number of carboxylic acids is 1. The molecule has 0 saturated heterocycles. The van der Waals surface area contributed by atoms with E-state index in [1.54, 1.807) is 0 Å². The van der Waals surface area contributed by atoms with E-state index in [2.05, 4.69) is 15.6 Å². The van der Waals surface area contributed by atoms with Gasteiger partial charge in [0, 0.05) is 26.5 Å². The molecule has 2 N–H and O–H groups in total. The minimum absolute atomic E-state index is 0.0899. The third-order valence-electron chi connectivity index (χ3n) is 2.51. The Hall–Kier alpha value is -1.96. The Bertz CT molecular complexity index is 444. The summed E-state index contributed by atoms with van der Waals surface area (Å²) < 4.78 is 6.37. The van der Waals surface area contributed by atoms with Crippen molar-refractivity contribution in [1.82, 2.24) is 20.3 Å². The lowest BCUT2D eigenvalue weighted by Crippen LogP contribution is -2.24. The van der Waals surface area contributed by atoms with Gasteiger partial charge in [-0.3, -0.25) is 4.79 Å². The summed E-state index contributed by atoms with van der Waals surface area (Å²) >= 11 is 0. The molecule has 0 bridgehead atoms. The predicted octanol–water partition coefficient (Wildman–Crippen LogP) is -0.309. The molecule has 0 aliphatic rings. The van der Waals surface area contributed by atoms with Crippen LogP contribution in [-0.2, 0) is 22.5 Å². The fraction of sp³-hybridized carbons (Fsp3) is 0.636. The topological polar surface area (TPSA) is 106 Å². The van der Waals surface area contributed by atoms with Crippen LogP contribution in [0.5, 0.6) is 0 Å². The molecule has 1 heterocycles. The number of aryl methyl sites for hydroxylation is 1. The fourth-order valence-corrected chi connectivity index (χ4v) is 1.62. The average molecular weight is 270 g/mol. The Labute approximate surface area is 110 Å². The minimum atomic E-state index is -1.13. The minimum Gasteiger partial charge on any atom is -0.476 e. The quantitative estimate of drug-likeness (QED) is 0.671. The number of aromatic nitrogens is 3. The number of ether oxygens (including phenoxy) is 1. The highest BCUT2D eigenvalue weighted by Crippen LogP contribution is 2.08. The molecule has 1 aromatic heterocycles. The highest BCUT2D eigenvalue weighted by molar-refractivity contribution is 5.86. The van der Waals surface area contributed by atoms with Gasteiger partial charge in [-0.15, -0.1) is 5.10 Å². The van der Waals surface area contributed by atoms with E-state index in [0.717, 1.165) is 0 Å². The molecule has 106 valence electrons. The van der Waals surface area contributed by atoms with Crippen molar-refractivity contribution in [2.24, 2.45) is 0 Å². The van der Waals surface area contributed by atoms with E-state index in [4.69, 9.17) is 9.84 Å². The molecule has 0 radical (unpaired) electrons. The first kappa shape index (κ1) is 15.1. The second-order valence-corrected chi connectivity index (χ2v) is 3.86. The lowest BCUT2D eigenvalue weighted by atomic mass is 10.2. The smallest absolute Gasteiger partial charge is 0.358 e. The van der Waals surface area contributed by atoms with Crippen molar-refractivity contribution in [3.8, 4) is 0 Å². The maximum absolute atomic E-state index is 11.4. The van der Waals surface area contributed by atoms with E-state index in [1.807, 2.05) is 6.92 Å². The molecule has 8 nitrogen and oxygen atoms in total. The van der Waals surface area contributed by atoms with Gasteiger partial charge < -0.3 is 15.2 Å². The third-order valence-corrected chi connectivity index (χ3v) is 2.51. The second kappa shape index (κ2) is 7.47. The van der Waals surface area contributed by atoms with Crippen LogP contribution in [0.15, 0.2) is 0 Å². The molecule has 1 rings (SSSR count). The van der Waals surface area contributed by atoms with E-state index in [-0.39, 0.29) is 18.0 Å². The van der Waals surface area contributed by atoms with Crippen LogP contribution in [0.3, 0.4) is 0 Å². The number of amides is 1. The van der Waals surface area contributed by atoms with E-state index in [0.29, 0.717) is 31.8 Å². The van der Waals surface area contributed by atoms with Gasteiger partial charge in [0.1, 0.15) is 0 Å². The zero-order chi connectivity index (χ0) is 14.3. The lowest BCUT2D eigenvalue weighted by Gasteiger charge is -2.06. The van der Waals surface area contributed by atoms with Gasteiger partial charge in [0.2, 0.25) is 5.91 Å². The summed E-state index contributed by atoms with van der Waals surface area (Å²) in [4.78, 5) is 22.4. The molecule has 1 aromatic rings. The van der Waals surface area contributed by atoms with Crippen molar-refractivity contribution in [1.29, 1.82) is 0 Å². The molecule has 0 spiro atoms. The molecule has 0 atom stereocenters. The van der Waals surface area contributed by atoms with Crippen molar-refractivity contribution in [2.75, 3.05) is 20.3 Å². The molecular formula is C11H18N4O4. The predicted molar refractivity (Wildman–Crippen MR) is 65.9 cm³/mol. The van der Waals surface area contributed by atoms with E-state index in [1.165, 1.54) is 11.8 Å². The zero-order valence-electron chi connectivity index (χ0n) is 11.0. The van der Waals surface area contributed by atoms with Crippen LogP contribution in [0.4, 0.5) is 0 Å². The summed E-state index contributed by atoms with van der Waals surface area (Å²) in [6.07, 6.45) is 0.622. The largest absolute Gasteiger partial charge is 0.476 e. The number of carbonyl (C=O) groups is 2. The summed E-state index contributed by atoms with van der Waals surface area (Å²) in [7, 11) is 1.53. The van der Waals surface area contributed by atoms with E-state index < -0.39 is 5.97 Å². The molecule has 8 heteroatoms. The molecule has 0 aliphatic carbocycles. The van der Waals surface area contributed by atoms with Crippen LogP contribution < -0.4 is 5.32 Å². The van der Waals surface area contributed by atoms with Gasteiger partial charge in [0.05, 0.1) is 18.8 Å². The lowest BCUT2D eigenvalue weighted by molar-refractivity contribution is -0.121. The monoisotopic (exact) mass is 270 g/mol. The van der Waals surface area contributed by atoms with E-state index in [9.17, 15) is 9.59 Å². The first-order valence-electron chi connectivity index (χ1n) is 6.01. The van der Waals surface area contributed by atoms with Gasteiger partial charge in [-0.05, 0) is 6.92 Å². The number of methoxy groups -OCH3 is 1. The number of hydrogen-bond donors (Lipinski definition) is 2. The summed E-state index contributed by atoms with van der Waals surface area (Å²) in [5, 5.41) is 19.1. The molecule has 0 unspecified atom stereocenters. The first-order chi connectivity index (χ1) is 9.10. The number of hydrogen-bond acceptors (Lipinski definition) is 5. The Morgan fingerprint density at radius 1 is 1.47 bits per heavy atom. The van der Waals surface area contributed by atoms with Crippen LogP contribution in [0, 0.1) is 0 Å². The van der Waals surface area contributed by atoms with Crippen LogP contribution in [0.1, 0.15) is 29.5 Å². The molecule has 0 fully saturated rings. The fourth-order valence-electron chi connectivity index (χ4n) is 1.62. The highest BCUT2D eigenvalue weighted by atomic mass is 16.5.